The van der Waals surface area contributed by atoms with E-state index in [1.165, 1.54) is 11.8 Å². The van der Waals surface area contributed by atoms with Crippen molar-refractivity contribution in [2.75, 3.05) is 12.4 Å². The summed E-state index contributed by atoms with van der Waals surface area (Å²) >= 11 is 1.51. The smallest absolute Gasteiger partial charge is 0.195 e. The summed E-state index contributed by atoms with van der Waals surface area (Å²) in [6.07, 6.45) is 0. The molecule has 0 bridgehead atoms. The number of H-pyrrole nitrogens is 1. The van der Waals surface area contributed by atoms with E-state index in [2.05, 4.69) is 20.5 Å². The van der Waals surface area contributed by atoms with Crippen molar-refractivity contribution in [3.05, 3.63) is 60.3 Å². The van der Waals surface area contributed by atoms with Crippen molar-refractivity contribution >= 4 is 34.3 Å². The van der Waals surface area contributed by atoms with Gasteiger partial charge in [0.25, 0.3) is 0 Å². The van der Waals surface area contributed by atoms with E-state index < -0.39 is 0 Å². The number of anilines is 2. The van der Waals surface area contributed by atoms with Crippen LogP contribution in [0.15, 0.2) is 64.6 Å². The average molecular weight is 363 g/mol. The largest absolute Gasteiger partial charge is 0.497 e. The van der Waals surface area contributed by atoms with Crippen LogP contribution in [-0.2, 0) is 0 Å². The predicted molar refractivity (Wildman–Crippen MR) is 103 cm³/mol. The van der Waals surface area contributed by atoms with Gasteiger partial charge in [-0.05, 0) is 55.1 Å². The zero-order chi connectivity index (χ0) is 17.9. The summed E-state index contributed by atoms with van der Waals surface area (Å²) in [5, 5.41) is 12.1. The van der Waals surface area contributed by atoms with Crippen molar-refractivity contribution in [3.8, 4) is 5.75 Å². The molecular weight excluding hydrogens is 346 g/mol. The maximum Gasteiger partial charge on any atom is 0.195 e. The third-order valence-electron chi connectivity index (χ3n) is 3.81. The number of para-hydroxylation sites is 1. The number of methoxy groups -OCH3 is 1. The van der Waals surface area contributed by atoms with Gasteiger partial charge in [0.15, 0.2) is 5.16 Å². The fourth-order valence-corrected chi connectivity index (χ4v) is 3.32. The first kappa shape index (κ1) is 16.4. The van der Waals surface area contributed by atoms with Gasteiger partial charge in [-0.25, -0.2) is 9.97 Å². The lowest BCUT2D eigenvalue weighted by Crippen LogP contribution is -1.99. The minimum Gasteiger partial charge on any atom is -0.497 e. The highest BCUT2D eigenvalue weighted by Crippen LogP contribution is 2.31. The van der Waals surface area contributed by atoms with Crippen LogP contribution in [0.1, 0.15) is 5.69 Å². The van der Waals surface area contributed by atoms with Gasteiger partial charge in [0.1, 0.15) is 17.4 Å². The molecule has 0 spiro atoms. The van der Waals surface area contributed by atoms with Crippen molar-refractivity contribution < 1.29 is 4.74 Å². The molecule has 4 rings (SSSR count). The molecule has 0 aliphatic heterocycles. The highest BCUT2D eigenvalue weighted by molar-refractivity contribution is 7.99. The van der Waals surface area contributed by atoms with E-state index in [9.17, 15) is 0 Å². The van der Waals surface area contributed by atoms with E-state index in [4.69, 9.17) is 9.72 Å². The molecule has 0 amide bonds. The highest BCUT2D eigenvalue weighted by Gasteiger charge is 2.10. The number of rotatable bonds is 5. The van der Waals surface area contributed by atoms with Gasteiger partial charge < -0.3 is 10.1 Å². The van der Waals surface area contributed by atoms with Crippen LogP contribution in [0.2, 0.25) is 0 Å². The Bertz CT molecular complexity index is 1050. The Balaban J connectivity index is 1.70. The topological polar surface area (TPSA) is 75.7 Å². The lowest BCUT2D eigenvalue weighted by molar-refractivity contribution is 0.414. The Morgan fingerprint density at radius 1 is 1.04 bits per heavy atom. The maximum atomic E-state index is 5.20. The first-order valence-electron chi connectivity index (χ1n) is 8.09. The summed E-state index contributed by atoms with van der Waals surface area (Å²) in [6, 6.07) is 17.7. The number of hydrogen-bond acceptors (Lipinski definition) is 6. The number of ether oxygens (including phenoxy) is 1. The molecule has 2 aromatic heterocycles. The minimum absolute atomic E-state index is 0.674. The number of aryl methyl sites for hydroxylation is 1. The van der Waals surface area contributed by atoms with Crippen LogP contribution in [0.4, 0.5) is 11.6 Å². The number of aromatic amines is 1. The molecule has 0 atom stereocenters. The summed E-state index contributed by atoms with van der Waals surface area (Å²) in [4.78, 5) is 10.4. The molecule has 0 aliphatic carbocycles. The second-order valence-corrected chi connectivity index (χ2v) is 6.74. The Kier molecular flexibility index (Phi) is 4.45. The first-order chi connectivity index (χ1) is 12.7. The molecule has 26 heavy (non-hydrogen) atoms. The van der Waals surface area contributed by atoms with Crippen molar-refractivity contribution in [2.45, 2.75) is 17.0 Å². The Morgan fingerprint density at radius 3 is 2.58 bits per heavy atom. The summed E-state index contributed by atoms with van der Waals surface area (Å²) in [5.74, 6) is 2.37. The number of benzene rings is 2. The monoisotopic (exact) mass is 363 g/mol. The van der Waals surface area contributed by atoms with Crippen molar-refractivity contribution in [3.63, 3.8) is 0 Å². The number of aromatic nitrogens is 4. The van der Waals surface area contributed by atoms with E-state index >= 15 is 0 Å². The van der Waals surface area contributed by atoms with Gasteiger partial charge >= 0.3 is 0 Å². The highest BCUT2D eigenvalue weighted by atomic mass is 32.2. The molecule has 4 aromatic rings. The fourth-order valence-electron chi connectivity index (χ4n) is 2.56. The SMILES string of the molecule is COc1ccc(Sc2nc(Nc3cc(C)n[nH]3)c3ccccc3n2)cc1. The molecule has 2 aromatic carbocycles. The lowest BCUT2D eigenvalue weighted by atomic mass is 10.2. The number of hydrogen-bond donors (Lipinski definition) is 2. The van der Waals surface area contributed by atoms with Crippen molar-refractivity contribution in [2.24, 2.45) is 0 Å². The van der Waals surface area contributed by atoms with Gasteiger partial charge in [-0.1, -0.05) is 12.1 Å². The quantitative estimate of drug-likeness (QED) is 0.506. The first-order valence-corrected chi connectivity index (χ1v) is 8.90. The molecule has 0 saturated carbocycles. The fraction of sp³-hybridized carbons (Fsp3) is 0.105. The van der Waals surface area contributed by atoms with E-state index in [0.29, 0.717) is 5.16 Å². The van der Waals surface area contributed by atoms with E-state index in [-0.39, 0.29) is 0 Å². The predicted octanol–water partition coefficient (Wildman–Crippen LogP) is 4.56. The van der Waals surface area contributed by atoms with Crippen LogP contribution < -0.4 is 10.1 Å². The van der Waals surface area contributed by atoms with Gasteiger partial charge in [-0.2, -0.15) is 5.10 Å². The molecule has 7 heteroatoms. The molecule has 130 valence electrons. The van der Waals surface area contributed by atoms with Crippen molar-refractivity contribution in [1.82, 2.24) is 20.2 Å². The normalized spacial score (nSPS) is 10.8. The second kappa shape index (κ2) is 7.05. The molecule has 0 aliphatic rings. The van der Waals surface area contributed by atoms with Gasteiger partial charge in [0.2, 0.25) is 0 Å². The van der Waals surface area contributed by atoms with Gasteiger partial charge in [0, 0.05) is 16.3 Å². The minimum atomic E-state index is 0.674. The second-order valence-electron chi connectivity index (χ2n) is 5.70. The third kappa shape index (κ3) is 3.48. The summed E-state index contributed by atoms with van der Waals surface area (Å²) < 4.78 is 5.20. The summed E-state index contributed by atoms with van der Waals surface area (Å²) in [5.41, 5.74) is 1.80. The van der Waals surface area contributed by atoms with Crippen LogP contribution in [0, 0.1) is 6.92 Å². The standard InChI is InChI=1S/C19H17N5OS/c1-12-11-17(24-23-12)21-18-15-5-3-4-6-16(15)20-19(22-18)26-14-9-7-13(25-2)8-10-14/h3-11H,1-2H3,(H2,20,21,22,23,24). The molecule has 2 N–H and O–H groups in total. The summed E-state index contributed by atoms with van der Waals surface area (Å²) in [7, 11) is 1.66. The van der Waals surface area contributed by atoms with Crippen molar-refractivity contribution in [1.29, 1.82) is 0 Å². The number of nitrogens with zero attached hydrogens (tertiary/aromatic N) is 3. The maximum absolute atomic E-state index is 5.20. The van der Waals surface area contributed by atoms with E-state index in [1.807, 2.05) is 61.5 Å². The zero-order valence-electron chi connectivity index (χ0n) is 14.4. The lowest BCUT2D eigenvalue weighted by Gasteiger charge is -2.09. The Hall–Kier alpha value is -3.06. The molecular formula is C19H17N5OS. The van der Waals surface area contributed by atoms with Crippen LogP contribution >= 0.6 is 11.8 Å². The van der Waals surface area contributed by atoms with Gasteiger partial charge in [-0.3, -0.25) is 5.10 Å². The molecule has 0 unspecified atom stereocenters. The van der Waals surface area contributed by atoms with Crippen LogP contribution in [0.25, 0.3) is 10.9 Å². The van der Waals surface area contributed by atoms with Gasteiger partial charge in [-0.15, -0.1) is 0 Å². The van der Waals surface area contributed by atoms with Crippen LogP contribution in [0.3, 0.4) is 0 Å². The zero-order valence-corrected chi connectivity index (χ0v) is 15.2. The molecule has 2 heterocycles. The molecule has 0 radical (unpaired) electrons. The Labute approximate surface area is 155 Å². The van der Waals surface area contributed by atoms with Crippen LogP contribution in [-0.4, -0.2) is 27.3 Å². The van der Waals surface area contributed by atoms with Crippen LogP contribution in [0.5, 0.6) is 5.75 Å². The molecule has 0 fully saturated rings. The van der Waals surface area contributed by atoms with Gasteiger partial charge in [0.05, 0.1) is 18.3 Å². The molecule has 6 nitrogen and oxygen atoms in total. The Morgan fingerprint density at radius 2 is 1.85 bits per heavy atom. The molecule has 0 saturated heterocycles. The number of nitrogens with one attached hydrogen (secondary N) is 2. The van der Waals surface area contributed by atoms with E-state index in [0.717, 1.165) is 38.9 Å². The number of fused-ring (bicyclic) bond motifs is 1. The van der Waals surface area contributed by atoms with E-state index in [1.54, 1.807) is 7.11 Å². The third-order valence-corrected chi connectivity index (χ3v) is 4.68. The average Bonchev–Trinajstić information content (AvgIpc) is 3.07. The summed E-state index contributed by atoms with van der Waals surface area (Å²) in [6.45, 7) is 1.94.